The van der Waals surface area contributed by atoms with Crippen molar-refractivity contribution in [3.63, 3.8) is 0 Å². The van der Waals surface area contributed by atoms with Gasteiger partial charge in [0, 0.05) is 5.69 Å². The lowest BCUT2D eigenvalue weighted by molar-refractivity contribution is -0.146. The average molecular weight is 206 g/mol. The Kier molecular flexibility index (Phi) is 2.15. The van der Waals surface area contributed by atoms with Gasteiger partial charge >= 0.3 is 5.97 Å². The summed E-state index contributed by atoms with van der Waals surface area (Å²) in [6, 6.07) is 9.46. The third kappa shape index (κ3) is 1.56. The molecule has 1 aromatic rings. The Morgan fingerprint density at radius 1 is 1.47 bits per heavy atom. The highest BCUT2D eigenvalue weighted by Gasteiger charge is 2.56. The lowest BCUT2D eigenvalue weighted by Crippen LogP contribution is -2.26. The van der Waals surface area contributed by atoms with Gasteiger partial charge in [-0.25, -0.2) is 4.79 Å². The third-order valence-corrected chi connectivity index (χ3v) is 2.59. The predicted octanol–water partition coefficient (Wildman–Crippen LogP) is 1.49. The van der Waals surface area contributed by atoms with Crippen molar-refractivity contribution < 1.29 is 9.63 Å². The number of carbonyl (C=O) groups excluding carboxylic acids is 1. The molecule has 1 aliphatic rings. The summed E-state index contributed by atoms with van der Waals surface area (Å²) in [7, 11) is 0. The lowest BCUT2D eigenvalue weighted by Gasteiger charge is -2.09. The van der Waals surface area contributed by atoms with Crippen LogP contribution in [0.3, 0.4) is 0 Å². The number of carbonyl (C=O) groups is 1. The van der Waals surface area contributed by atoms with Gasteiger partial charge in [-0.1, -0.05) is 18.2 Å². The Labute approximate surface area is 86.6 Å². The van der Waals surface area contributed by atoms with Crippen molar-refractivity contribution >= 4 is 11.7 Å². The van der Waals surface area contributed by atoms with E-state index in [1.807, 2.05) is 35.2 Å². The molecule has 1 heterocycles. The smallest absolute Gasteiger partial charge is 0.351 e. The lowest BCUT2D eigenvalue weighted by atomic mass is 10.2. The molecule has 1 aromatic carbocycles. The summed E-state index contributed by atoms with van der Waals surface area (Å²) in [5, 5.41) is 2.14. The van der Waals surface area contributed by atoms with Gasteiger partial charge in [-0.15, -0.1) is 4.91 Å². The molecule has 1 fully saturated rings. The molecular weight excluding hydrogens is 196 g/mol. The molecule has 0 aliphatic carbocycles. The second-order valence-electron chi connectivity index (χ2n) is 3.65. The minimum absolute atomic E-state index is 0.547. The summed E-state index contributed by atoms with van der Waals surface area (Å²) < 4.78 is 0. The van der Waals surface area contributed by atoms with E-state index in [9.17, 15) is 9.70 Å². The van der Waals surface area contributed by atoms with Crippen LogP contribution >= 0.6 is 0 Å². The number of nitrogens with zero attached hydrogens (tertiary/aromatic N) is 2. The first-order valence-corrected chi connectivity index (χ1v) is 4.55. The third-order valence-electron chi connectivity index (χ3n) is 2.59. The number of hydrogen-bond acceptors (Lipinski definition) is 5. The van der Waals surface area contributed by atoms with Crippen molar-refractivity contribution in [3.05, 3.63) is 35.2 Å². The van der Waals surface area contributed by atoms with Gasteiger partial charge in [-0.05, 0) is 19.1 Å². The van der Waals surface area contributed by atoms with E-state index < -0.39 is 11.5 Å². The van der Waals surface area contributed by atoms with Crippen LogP contribution in [0.15, 0.2) is 35.7 Å². The Balaban J connectivity index is 2.12. The van der Waals surface area contributed by atoms with E-state index in [1.54, 1.807) is 6.92 Å². The molecule has 1 saturated heterocycles. The van der Waals surface area contributed by atoms with Crippen LogP contribution in [0, 0.1) is 4.91 Å². The number of anilines is 1. The molecule has 5 nitrogen and oxygen atoms in total. The van der Waals surface area contributed by atoms with E-state index in [0.717, 1.165) is 5.69 Å². The van der Waals surface area contributed by atoms with Gasteiger partial charge in [0.1, 0.15) is 0 Å². The van der Waals surface area contributed by atoms with Gasteiger partial charge in [0.2, 0.25) is 0 Å². The molecule has 0 saturated carbocycles. The van der Waals surface area contributed by atoms with Crippen LogP contribution in [0.2, 0.25) is 0 Å². The fourth-order valence-corrected chi connectivity index (χ4v) is 1.56. The maximum Gasteiger partial charge on any atom is 0.365 e. The average Bonchev–Trinajstić information content (AvgIpc) is 2.94. The molecule has 0 spiro atoms. The van der Waals surface area contributed by atoms with Crippen LogP contribution in [0.25, 0.3) is 0 Å². The van der Waals surface area contributed by atoms with E-state index in [1.165, 1.54) is 0 Å². The van der Waals surface area contributed by atoms with E-state index in [2.05, 4.69) is 10.2 Å². The molecule has 0 aromatic heterocycles. The largest absolute Gasteiger partial charge is 0.365 e. The molecular formula is C10H10N2O3. The van der Waals surface area contributed by atoms with Gasteiger partial charge in [0.05, 0.1) is 6.54 Å². The summed E-state index contributed by atoms with van der Waals surface area (Å²) in [6.07, 6.45) is 0. The van der Waals surface area contributed by atoms with Crippen LogP contribution < -0.4 is 4.90 Å². The van der Waals surface area contributed by atoms with Crippen molar-refractivity contribution in [1.29, 1.82) is 0 Å². The summed E-state index contributed by atoms with van der Waals surface area (Å²) >= 11 is 0. The second-order valence-corrected chi connectivity index (χ2v) is 3.65. The van der Waals surface area contributed by atoms with Gasteiger partial charge in [-0.3, -0.25) is 4.84 Å². The standard InChI is InChI=1S/C10H10N2O3/c1-10(9(13)15-11-14)7-12(10)8-5-3-2-4-6-8/h2-6H,7H2,1H3. The van der Waals surface area contributed by atoms with E-state index in [0.29, 0.717) is 6.54 Å². The maximum absolute atomic E-state index is 11.4. The highest BCUT2D eigenvalue weighted by atomic mass is 16.7. The normalized spacial score (nSPS) is 23.4. The first-order chi connectivity index (χ1) is 7.18. The summed E-state index contributed by atoms with van der Waals surface area (Å²) in [4.78, 5) is 27.1. The molecule has 78 valence electrons. The highest BCUT2D eigenvalue weighted by molar-refractivity contribution is 5.91. The topological polar surface area (TPSA) is 58.7 Å². The summed E-state index contributed by atoms with van der Waals surface area (Å²) in [5.74, 6) is -0.610. The molecule has 0 bridgehead atoms. The first kappa shape index (κ1) is 9.64. The fraction of sp³-hybridized carbons (Fsp3) is 0.300. The van der Waals surface area contributed by atoms with Crippen LogP contribution in [-0.4, -0.2) is 18.1 Å². The molecule has 2 rings (SSSR count). The summed E-state index contributed by atoms with van der Waals surface area (Å²) in [6.45, 7) is 2.26. The van der Waals surface area contributed by atoms with E-state index >= 15 is 0 Å². The Bertz CT molecular complexity index is 393. The van der Waals surface area contributed by atoms with Crippen molar-refractivity contribution in [2.24, 2.45) is 5.34 Å². The predicted molar refractivity (Wildman–Crippen MR) is 54.1 cm³/mol. The number of rotatable bonds is 3. The molecule has 0 amide bonds. The number of hydrogen-bond donors (Lipinski definition) is 0. The minimum atomic E-state index is -0.741. The maximum atomic E-state index is 11.4. The number of benzene rings is 1. The second kappa shape index (κ2) is 3.34. The van der Waals surface area contributed by atoms with Crippen LogP contribution in [0.5, 0.6) is 0 Å². The van der Waals surface area contributed by atoms with Gasteiger partial charge in [0.15, 0.2) is 10.9 Å². The Hall–Kier alpha value is -1.91. The van der Waals surface area contributed by atoms with Crippen LogP contribution in [-0.2, 0) is 9.63 Å². The first-order valence-electron chi connectivity index (χ1n) is 4.55. The number of para-hydroxylation sites is 1. The van der Waals surface area contributed by atoms with E-state index in [4.69, 9.17) is 0 Å². The molecule has 0 radical (unpaired) electrons. The molecule has 1 aliphatic heterocycles. The zero-order chi connectivity index (χ0) is 10.9. The van der Waals surface area contributed by atoms with Crippen molar-refractivity contribution in [1.82, 2.24) is 0 Å². The zero-order valence-corrected chi connectivity index (χ0v) is 8.21. The molecule has 1 unspecified atom stereocenters. The molecule has 15 heavy (non-hydrogen) atoms. The quantitative estimate of drug-likeness (QED) is 0.427. The zero-order valence-electron chi connectivity index (χ0n) is 8.21. The van der Waals surface area contributed by atoms with Crippen LogP contribution in [0.4, 0.5) is 5.69 Å². The highest BCUT2D eigenvalue weighted by Crippen LogP contribution is 2.38. The Morgan fingerprint density at radius 3 is 2.73 bits per heavy atom. The van der Waals surface area contributed by atoms with Crippen molar-refractivity contribution in [2.45, 2.75) is 12.5 Å². The van der Waals surface area contributed by atoms with Gasteiger partial charge in [0.25, 0.3) is 0 Å². The van der Waals surface area contributed by atoms with Crippen molar-refractivity contribution in [2.75, 3.05) is 11.4 Å². The molecule has 1 atom stereocenters. The van der Waals surface area contributed by atoms with Gasteiger partial charge < -0.3 is 4.90 Å². The molecule has 0 N–H and O–H groups in total. The van der Waals surface area contributed by atoms with Crippen molar-refractivity contribution in [3.8, 4) is 0 Å². The Morgan fingerprint density at radius 2 is 2.13 bits per heavy atom. The monoisotopic (exact) mass is 206 g/mol. The molecule has 5 heteroatoms. The summed E-state index contributed by atoms with van der Waals surface area (Å²) in [5.41, 5.74) is 0.192. The van der Waals surface area contributed by atoms with Crippen LogP contribution in [0.1, 0.15) is 6.92 Å². The van der Waals surface area contributed by atoms with E-state index in [-0.39, 0.29) is 0 Å². The SMILES string of the molecule is CC1(C(=O)ON=O)CN1c1ccccc1. The van der Waals surface area contributed by atoms with Gasteiger partial charge in [-0.2, -0.15) is 0 Å². The minimum Gasteiger partial charge on any atom is -0.351 e. The fourth-order valence-electron chi connectivity index (χ4n) is 1.56.